The Hall–Kier alpha value is -1.13. The molecule has 19 heavy (non-hydrogen) atoms. The first-order valence-electron chi connectivity index (χ1n) is 7.00. The summed E-state index contributed by atoms with van der Waals surface area (Å²) in [6, 6.07) is 5.44. The first kappa shape index (κ1) is 14.3. The van der Waals surface area contributed by atoms with Crippen LogP contribution in [0.2, 0.25) is 0 Å². The lowest BCUT2D eigenvalue weighted by atomic mass is 10.1. The van der Waals surface area contributed by atoms with Gasteiger partial charge in [0.25, 0.3) is 0 Å². The average molecular weight is 266 g/mol. The van der Waals surface area contributed by atoms with Crippen LogP contribution in [0.1, 0.15) is 25.3 Å². The van der Waals surface area contributed by atoms with E-state index in [-0.39, 0.29) is 12.4 Å². The van der Waals surface area contributed by atoms with Crippen molar-refractivity contribution < 1.29 is 9.50 Å². The van der Waals surface area contributed by atoms with Gasteiger partial charge in [0.05, 0.1) is 6.61 Å². The Morgan fingerprint density at radius 1 is 1.37 bits per heavy atom. The van der Waals surface area contributed by atoms with E-state index in [1.807, 2.05) is 6.07 Å². The van der Waals surface area contributed by atoms with Crippen LogP contribution in [0, 0.1) is 5.82 Å². The topological polar surface area (TPSA) is 26.7 Å². The van der Waals surface area contributed by atoms with Crippen LogP contribution in [-0.4, -0.2) is 42.7 Å². The molecule has 1 heterocycles. The third-order valence-electron chi connectivity index (χ3n) is 3.93. The minimum Gasteiger partial charge on any atom is -0.391 e. The summed E-state index contributed by atoms with van der Waals surface area (Å²) < 4.78 is 13.8. The molecule has 1 aliphatic heterocycles. The number of halogens is 1. The molecule has 1 fully saturated rings. The van der Waals surface area contributed by atoms with Crippen LogP contribution < -0.4 is 4.90 Å². The van der Waals surface area contributed by atoms with Crippen molar-refractivity contribution in [2.75, 3.05) is 31.6 Å². The van der Waals surface area contributed by atoms with Crippen LogP contribution in [0.15, 0.2) is 18.2 Å². The Balaban J connectivity index is 2.35. The fourth-order valence-corrected chi connectivity index (χ4v) is 2.88. The molecule has 2 rings (SSSR count). The molecule has 3 nitrogen and oxygen atoms in total. The summed E-state index contributed by atoms with van der Waals surface area (Å²) in [7, 11) is 2.13. The van der Waals surface area contributed by atoms with E-state index in [1.165, 1.54) is 6.07 Å². The molecule has 1 atom stereocenters. The monoisotopic (exact) mass is 266 g/mol. The maximum atomic E-state index is 13.8. The van der Waals surface area contributed by atoms with Gasteiger partial charge < -0.3 is 14.9 Å². The Morgan fingerprint density at radius 2 is 2.16 bits per heavy atom. The lowest BCUT2D eigenvalue weighted by Crippen LogP contribution is -2.40. The number of hydrogen-bond donors (Lipinski definition) is 1. The first-order valence-corrected chi connectivity index (χ1v) is 7.00. The Labute approximate surface area is 114 Å². The van der Waals surface area contributed by atoms with E-state index in [1.54, 1.807) is 6.07 Å². The fraction of sp³-hybridized carbons (Fsp3) is 0.600. The van der Waals surface area contributed by atoms with E-state index < -0.39 is 0 Å². The number of aliphatic hydroxyl groups is 1. The number of nitrogens with zero attached hydrogens (tertiary/aromatic N) is 2. The molecule has 0 aromatic heterocycles. The summed E-state index contributed by atoms with van der Waals surface area (Å²) in [6.07, 6.45) is 2.08. The Morgan fingerprint density at radius 3 is 2.84 bits per heavy atom. The minimum absolute atomic E-state index is 0.245. The standard InChI is InChI=1S/C15H23FN2O/c1-3-12-10-17(2)8-5-9-18(12)15-7-4-6-14(16)13(15)11-19/h4,6-7,12,19H,3,5,8-11H2,1-2H3. The van der Waals surface area contributed by atoms with E-state index in [0.717, 1.165) is 38.2 Å². The summed E-state index contributed by atoms with van der Waals surface area (Å²) in [5.74, 6) is -0.313. The van der Waals surface area contributed by atoms with E-state index in [4.69, 9.17) is 0 Å². The number of rotatable bonds is 3. The summed E-state index contributed by atoms with van der Waals surface area (Å²) in [5, 5.41) is 9.43. The molecule has 106 valence electrons. The first-order chi connectivity index (χ1) is 9.17. The zero-order valence-corrected chi connectivity index (χ0v) is 11.8. The molecule has 4 heteroatoms. The molecule has 0 spiro atoms. The van der Waals surface area contributed by atoms with Gasteiger partial charge in [-0.1, -0.05) is 13.0 Å². The number of benzene rings is 1. The summed E-state index contributed by atoms with van der Waals surface area (Å²) in [4.78, 5) is 4.59. The van der Waals surface area contributed by atoms with Crippen molar-refractivity contribution in [3.05, 3.63) is 29.6 Å². The zero-order valence-electron chi connectivity index (χ0n) is 11.8. The van der Waals surface area contributed by atoms with Gasteiger partial charge in [0.1, 0.15) is 5.82 Å². The molecule has 0 saturated carbocycles. The molecule has 1 N–H and O–H groups in total. The number of anilines is 1. The lowest BCUT2D eigenvalue weighted by molar-refractivity contribution is 0.275. The second-order valence-electron chi connectivity index (χ2n) is 5.27. The summed E-state index contributed by atoms with van der Waals surface area (Å²) in [5.41, 5.74) is 1.27. The van der Waals surface area contributed by atoms with Gasteiger partial charge in [0, 0.05) is 30.4 Å². The van der Waals surface area contributed by atoms with Crippen LogP contribution in [0.4, 0.5) is 10.1 Å². The van der Waals surface area contributed by atoms with Gasteiger partial charge in [-0.15, -0.1) is 0 Å². The molecule has 0 amide bonds. The highest BCUT2D eigenvalue weighted by Crippen LogP contribution is 2.27. The van der Waals surface area contributed by atoms with Crippen molar-refractivity contribution in [1.29, 1.82) is 0 Å². The second kappa shape index (κ2) is 6.35. The van der Waals surface area contributed by atoms with Crippen LogP contribution in [0.25, 0.3) is 0 Å². The lowest BCUT2D eigenvalue weighted by Gasteiger charge is -2.33. The molecular formula is C15H23FN2O. The van der Waals surface area contributed by atoms with Gasteiger partial charge in [-0.3, -0.25) is 0 Å². The highest BCUT2D eigenvalue weighted by atomic mass is 19.1. The third kappa shape index (κ3) is 3.07. The van der Waals surface area contributed by atoms with Crippen LogP contribution in [0.5, 0.6) is 0 Å². The molecule has 0 aliphatic carbocycles. The molecule has 0 radical (unpaired) electrons. The van der Waals surface area contributed by atoms with Crippen molar-refractivity contribution in [1.82, 2.24) is 4.90 Å². The van der Waals surface area contributed by atoms with Gasteiger partial charge in [0.2, 0.25) is 0 Å². The van der Waals surface area contributed by atoms with E-state index in [9.17, 15) is 9.50 Å². The predicted molar refractivity (Wildman–Crippen MR) is 75.9 cm³/mol. The van der Waals surface area contributed by atoms with E-state index in [2.05, 4.69) is 23.8 Å². The predicted octanol–water partition coefficient (Wildman–Crippen LogP) is 2.24. The van der Waals surface area contributed by atoms with Crippen LogP contribution >= 0.6 is 0 Å². The van der Waals surface area contributed by atoms with Gasteiger partial charge in [-0.05, 0) is 38.6 Å². The maximum Gasteiger partial charge on any atom is 0.130 e. The molecule has 1 aromatic carbocycles. The van der Waals surface area contributed by atoms with Gasteiger partial charge in [0.15, 0.2) is 0 Å². The Kier molecular flexibility index (Phi) is 4.77. The smallest absolute Gasteiger partial charge is 0.130 e. The molecule has 0 bridgehead atoms. The Bertz CT molecular complexity index is 425. The van der Waals surface area contributed by atoms with E-state index in [0.29, 0.717) is 11.6 Å². The second-order valence-corrected chi connectivity index (χ2v) is 5.27. The van der Waals surface area contributed by atoms with Gasteiger partial charge in [-0.25, -0.2) is 4.39 Å². The van der Waals surface area contributed by atoms with Crippen LogP contribution in [0.3, 0.4) is 0 Å². The molecular weight excluding hydrogens is 243 g/mol. The number of aliphatic hydroxyl groups excluding tert-OH is 1. The number of likely N-dealkylation sites (N-methyl/N-ethyl adjacent to an activating group) is 1. The van der Waals surface area contributed by atoms with Gasteiger partial charge in [-0.2, -0.15) is 0 Å². The number of hydrogen-bond acceptors (Lipinski definition) is 3. The van der Waals surface area contributed by atoms with E-state index >= 15 is 0 Å². The minimum atomic E-state index is -0.313. The van der Waals surface area contributed by atoms with Crippen molar-refractivity contribution in [3.8, 4) is 0 Å². The molecule has 1 unspecified atom stereocenters. The molecule has 1 aliphatic rings. The fourth-order valence-electron chi connectivity index (χ4n) is 2.88. The van der Waals surface area contributed by atoms with Crippen molar-refractivity contribution >= 4 is 5.69 Å². The zero-order chi connectivity index (χ0) is 13.8. The SMILES string of the molecule is CCC1CN(C)CCCN1c1cccc(F)c1CO. The molecule has 1 saturated heterocycles. The maximum absolute atomic E-state index is 13.8. The highest BCUT2D eigenvalue weighted by molar-refractivity contribution is 5.55. The van der Waals surface area contributed by atoms with Crippen molar-refractivity contribution in [2.45, 2.75) is 32.4 Å². The normalized spacial score (nSPS) is 21.5. The molecule has 1 aromatic rings. The largest absolute Gasteiger partial charge is 0.391 e. The quantitative estimate of drug-likeness (QED) is 0.909. The van der Waals surface area contributed by atoms with Crippen molar-refractivity contribution in [3.63, 3.8) is 0 Å². The van der Waals surface area contributed by atoms with Crippen LogP contribution in [-0.2, 0) is 6.61 Å². The third-order valence-corrected chi connectivity index (χ3v) is 3.93. The highest BCUT2D eigenvalue weighted by Gasteiger charge is 2.24. The summed E-state index contributed by atoms with van der Waals surface area (Å²) >= 11 is 0. The van der Waals surface area contributed by atoms with Gasteiger partial charge >= 0.3 is 0 Å². The average Bonchev–Trinajstić information content (AvgIpc) is 2.59. The van der Waals surface area contributed by atoms with Crippen molar-refractivity contribution in [2.24, 2.45) is 0 Å². The summed E-state index contributed by atoms with van der Waals surface area (Å²) in [6.45, 7) is 4.88.